The largest absolute Gasteiger partial charge is 0.480 e. The second-order valence-corrected chi connectivity index (χ2v) is 12.8. The van der Waals surface area contributed by atoms with E-state index < -0.39 is 5.97 Å². The van der Waals surface area contributed by atoms with Gasteiger partial charge in [-0.2, -0.15) is 0 Å². The van der Waals surface area contributed by atoms with Gasteiger partial charge in [0, 0.05) is 12.8 Å². The van der Waals surface area contributed by atoms with E-state index in [2.05, 4.69) is 31.3 Å². The number of carboxylic acid groups (broad SMARTS) is 1. The Balaban J connectivity index is 4.09. The van der Waals surface area contributed by atoms with Gasteiger partial charge in [0.2, 0.25) is 5.91 Å². The van der Waals surface area contributed by atoms with Crippen molar-refractivity contribution in [2.75, 3.05) is 6.54 Å². The molecule has 0 aromatic carbocycles. The fourth-order valence-corrected chi connectivity index (χ4v) is 5.60. The van der Waals surface area contributed by atoms with Crippen molar-refractivity contribution in [1.82, 2.24) is 5.32 Å². The van der Waals surface area contributed by atoms with Crippen molar-refractivity contribution < 1.29 is 24.2 Å². The molecule has 6 heteroatoms. The van der Waals surface area contributed by atoms with E-state index >= 15 is 0 Å². The van der Waals surface area contributed by atoms with Crippen LogP contribution in [0.2, 0.25) is 0 Å². The molecule has 1 amide bonds. The first-order valence-corrected chi connectivity index (χ1v) is 18.8. The summed E-state index contributed by atoms with van der Waals surface area (Å²) < 4.78 is 5.88. The lowest BCUT2D eigenvalue weighted by atomic mass is 10.0. The molecule has 0 bridgehead atoms. The number of amides is 1. The Bertz CT molecular complexity index is 693. The molecule has 0 heterocycles. The molecule has 0 aliphatic rings. The van der Waals surface area contributed by atoms with Gasteiger partial charge in [0.05, 0.1) is 0 Å². The minimum atomic E-state index is -1.02. The summed E-state index contributed by atoms with van der Waals surface area (Å²) in [4.78, 5) is 34.8. The number of hydrogen-bond donors (Lipinski definition) is 2. The fraction of sp³-hybridized carbons (Fsp3) is 0.868. The van der Waals surface area contributed by atoms with Crippen LogP contribution in [0.15, 0.2) is 12.2 Å². The zero-order chi connectivity index (χ0) is 32.4. The molecule has 258 valence electrons. The molecule has 0 aromatic heterocycles. The van der Waals surface area contributed by atoms with Gasteiger partial charge in [0.25, 0.3) is 0 Å². The molecule has 0 spiro atoms. The van der Waals surface area contributed by atoms with Gasteiger partial charge in [-0.05, 0) is 44.6 Å². The Morgan fingerprint density at radius 1 is 0.591 bits per heavy atom. The van der Waals surface area contributed by atoms with Crippen LogP contribution in [0.1, 0.15) is 200 Å². The number of carbonyl (C=O) groups excluding carboxylic acids is 2. The van der Waals surface area contributed by atoms with Crippen LogP contribution in [0.5, 0.6) is 0 Å². The number of ether oxygens (including phenoxy) is 1. The van der Waals surface area contributed by atoms with Crippen molar-refractivity contribution in [2.24, 2.45) is 0 Å². The Labute approximate surface area is 271 Å². The van der Waals surface area contributed by atoms with Gasteiger partial charge >= 0.3 is 11.9 Å². The monoisotopic (exact) mass is 622 g/mol. The molecule has 6 nitrogen and oxygen atoms in total. The number of allylic oxidation sites excluding steroid dienone is 1. The van der Waals surface area contributed by atoms with Crippen LogP contribution in [-0.4, -0.2) is 35.6 Å². The van der Waals surface area contributed by atoms with Gasteiger partial charge in [0.15, 0.2) is 0 Å². The van der Waals surface area contributed by atoms with Crippen LogP contribution < -0.4 is 5.32 Å². The summed E-state index contributed by atoms with van der Waals surface area (Å²) in [6, 6.07) is 0. The van der Waals surface area contributed by atoms with Crippen molar-refractivity contribution in [3.8, 4) is 0 Å². The third-order valence-corrected chi connectivity index (χ3v) is 8.42. The molecule has 0 radical (unpaired) electrons. The van der Waals surface area contributed by atoms with Crippen LogP contribution >= 0.6 is 0 Å². The molecule has 0 aromatic rings. The first kappa shape index (κ1) is 42.1. The predicted molar refractivity (Wildman–Crippen MR) is 185 cm³/mol. The summed E-state index contributed by atoms with van der Waals surface area (Å²) in [5.74, 6) is -1.32. The van der Waals surface area contributed by atoms with Gasteiger partial charge in [-0.1, -0.05) is 155 Å². The smallest absolute Gasteiger partial charge is 0.322 e. The van der Waals surface area contributed by atoms with Crippen LogP contribution in [-0.2, 0) is 19.1 Å². The highest BCUT2D eigenvalue weighted by molar-refractivity contribution is 5.80. The number of carbonyl (C=O) groups is 3. The van der Waals surface area contributed by atoms with E-state index in [-0.39, 0.29) is 24.5 Å². The molecule has 44 heavy (non-hydrogen) atoms. The Kier molecular flexibility index (Phi) is 32.6. The molecule has 0 saturated heterocycles. The van der Waals surface area contributed by atoms with Crippen LogP contribution in [0, 0.1) is 0 Å². The predicted octanol–water partition coefficient (Wildman–Crippen LogP) is 11.0. The number of rotatable bonds is 34. The van der Waals surface area contributed by atoms with E-state index in [4.69, 9.17) is 9.84 Å². The number of carboxylic acids is 1. The highest BCUT2D eigenvalue weighted by atomic mass is 16.5. The van der Waals surface area contributed by atoms with E-state index in [0.29, 0.717) is 12.8 Å². The number of esters is 1. The Hall–Kier alpha value is -1.85. The molecule has 1 atom stereocenters. The van der Waals surface area contributed by atoms with Crippen LogP contribution in [0.4, 0.5) is 0 Å². The highest BCUT2D eigenvalue weighted by Crippen LogP contribution is 2.16. The van der Waals surface area contributed by atoms with Crippen molar-refractivity contribution >= 4 is 17.8 Å². The standard InChI is InChI=1S/C38H71NO5/c1-3-5-7-9-11-13-14-15-16-17-18-19-21-23-29-33-38(43)44-35(30-26-22-20-12-10-8-6-4-2)31-27-24-25-28-32-36(40)39-34-37(41)42/h26,30,35H,3-25,27-29,31-34H2,1-2H3,(H,39,40)(H,41,42)/b30-26-. The second kappa shape index (κ2) is 34.0. The van der Waals surface area contributed by atoms with Crippen LogP contribution in [0.3, 0.4) is 0 Å². The average Bonchev–Trinajstić information content (AvgIpc) is 3.00. The summed E-state index contributed by atoms with van der Waals surface area (Å²) in [5, 5.41) is 11.0. The average molecular weight is 622 g/mol. The lowest BCUT2D eigenvalue weighted by Gasteiger charge is -2.15. The van der Waals surface area contributed by atoms with Crippen molar-refractivity contribution in [3.63, 3.8) is 0 Å². The summed E-state index contributed by atoms with van der Waals surface area (Å²) in [7, 11) is 0. The van der Waals surface area contributed by atoms with E-state index in [1.165, 1.54) is 122 Å². The molecule has 0 aliphatic carbocycles. The van der Waals surface area contributed by atoms with Crippen molar-refractivity contribution in [2.45, 2.75) is 206 Å². The van der Waals surface area contributed by atoms with E-state index in [9.17, 15) is 14.4 Å². The zero-order valence-corrected chi connectivity index (χ0v) is 29.0. The van der Waals surface area contributed by atoms with Gasteiger partial charge in [-0.3, -0.25) is 14.4 Å². The first-order valence-electron chi connectivity index (χ1n) is 18.8. The lowest BCUT2D eigenvalue weighted by molar-refractivity contribution is -0.147. The molecular weight excluding hydrogens is 550 g/mol. The number of aliphatic carboxylic acids is 1. The van der Waals surface area contributed by atoms with Gasteiger partial charge in [-0.25, -0.2) is 0 Å². The van der Waals surface area contributed by atoms with Crippen molar-refractivity contribution in [1.29, 1.82) is 0 Å². The number of hydrogen-bond acceptors (Lipinski definition) is 4. The number of nitrogens with one attached hydrogen (secondary N) is 1. The second-order valence-electron chi connectivity index (χ2n) is 12.8. The molecule has 0 fully saturated rings. The maximum atomic E-state index is 12.6. The van der Waals surface area contributed by atoms with Crippen molar-refractivity contribution in [3.05, 3.63) is 12.2 Å². The first-order chi connectivity index (χ1) is 21.5. The lowest BCUT2D eigenvalue weighted by Crippen LogP contribution is -2.28. The minimum absolute atomic E-state index is 0.0796. The third kappa shape index (κ3) is 33.1. The van der Waals surface area contributed by atoms with E-state index in [1.807, 2.05) is 0 Å². The molecule has 0 saturated carbocycles. The molecule has 1 unspecified atom stereocenters. The topological polar surface area (TPSA) is 92.7 Å². The normalized spacial score (nSPS) is 12.0. The number of unbranched alkanes of at least 4 members (excludes halogenated alkanes) is 23. The van der Waals surface area contributed by atoms with Gasteiger partial charge in [0.1, 0.15) is 12.6 Å². The summed E-state index contributed by atoms with van der Waals surface area (Å²) in [6.45, 7) is 4.19. The maximum Gasteiger partial charge on any atom is 0.322 e. The summed E-state index contributed by atoms with van der Waals surface area (Å²) >= 11 is 0. The molecular formula is C38H71NO5. The van der Waals surface area contributed by atoms with E-state index in [1.54, 1.807) is 0 Å². The SMILES string of the molecule is CCCCCCCC/C=C\C(CCCCCCC(=O)NCC(=O)O)OC(=O)CCCCCCCCCCCCCCCCC. The maximum absolute atomic E-state index is 12.6. The summed E-state index contributed by atoms with van der Waals surface area (Å²) in [6.07, 6.45) is 37.7. The fourth-order valence-electron chi connectivity index (χ4n) is 5.60. The molecule has 0 rings (SSSR count). The minimum Gasteiger partial charge on any atom is -0.480 e. The molecule has 0 aliphatic heterocycles. The zero-order valence-electron chi connectivity index (χ0n) is 29.0. The Morgan fingerprint density at radius 2 is 1.02 bits per heavy atom. The van der Waals surface area contributed by atoms with Crippen LogP contribution in [0.25, 0.3) is 0 Å². The summed E-state index contributed by atoms with van der Waals surface area (Å²) in [5.41, 5.74) is 0. The third-order valence-electron chi connectivity index (χ3n) is 8.42. The van der Waals surface area contributed by atoms with Gasteiger partial charge in [-0.15, -0.1) is 0 Å². The Morgan fingerprint density at radius 3 is 1.52 bits per heavy atom. The quantitative estimate of drug-likeness (QED) is 0.0423. The highest BCUT2D eigenvalue weighted by Gasteiger charge is 2.12. The van der Waals surface area contributed by atoms with E-state index in [0.717, 1.165) is 51.4 Å². The molecule has 2 N–H and O–H groups in total. The van der Waals surface area contributed by atoms with Gasteiger partial charge < -0.3 is 15.2 Å².